The molecule has 0 fully saturated rings. The van der Waals surface area contributed by atoms with Gasteiger partial charge in [-0.1, -0.05) is 49.7 Å². The zero-order valence-corrected chi connectivity index (χ0v) is 13.2. The second-order valence-electron chi connectivity index (χ2n) is 5.21. The van der Waals surface area contributed by atoms with Crippen LogP contribution in [-0.4, -0.2) is 7.05 Å². The van der Waals surface area contributed by atoms with Crippen molar-refractivity contribution in [2.45, 2.75) is 26.3 Å². The lowest BCUT2D eigenvalue weighted by Crippen LogP contribution is -2.16. The molecule has 1 aromatic heterocycles. The van der Waals surface area contributed by atoms with E-state index in [1.165, 1.54) is 16.0 Å². The van der Waals surface area contributed by atoms with Crippen molar-refractivity contribution in [3.05, 3.63) is 56.7 Å². The van der Waals surface area contributed by atoms with Crippen LogP contribution in [0.3, 0.4) is 0 Å². The fraction of sp³-hybridized carbons (Fsp3) is 0.375. The first kappa shape index (κ1) is 14.6. The summed E-state index contributed by atoms with van der Waals surface area (Å²) in [4.78, 5) is 1.26. The van der Waals surface area contributed by atoms with Crippen molar-refractivity contribution in [3.63, 3.8) is 0 Å². The molecule has 0 saturated carbocycles. The van der Waals surface area contributed by atoms with E-state index in [9.17, 15) is 0 Å². The summed E-state index contributed by atoms with van der Waals surface area (Å²) in [6.07, 6.45) is 1.12. The molecule has 19 heavy (non-hydrogen) atoms. The van der Waals surface area contributed by atoms with Crippen LogP contribution in [0.1, 0.15) is 35.9 Å². The van der Waals surface area contributed by atoms with E-state index < -0.39 is 0 Å². The Morgan fingerprint density at radius 2 is 2.00 bits per heavy atom. The van der Waals surface area contributed by atoms with Crippen molar-refractivity contribution >= 4 is 22.9 Å². The van der Waals surface area contributed by atoms with Gasteiger partial charge in [0.25, 0.3) is 0 Å². The maximum absolute atomic E-state index is 6.04. The zero-order valence-electron chi connectivity index (χ0n) is 11.6. The van der Waals surface area contributed by atoms with Gasteiger partial charge >= 0.3 is 0 Å². The third-order valence-electron chi connectivity index (χ3n) is 3.10. The standard InChI is InChI=1S/C16H20ClNS/c1-11(2)9-12-5-4-6-13(10-12)16(18-3)14-7-8-15(17)19-14/h4-8,10-11,16,18H,9H2,1-3H3. The molecule has 2 aromatic rings. The van der Waals surface area contributed by atoms with E-state index >= 15 is 0 Å². The van der Waals surface area contributed by atoms with Gasteiger partial charge in [0, 0.05) is 4.88 Å². The van der Waals surface area contributed by atoms with Crippen molar-refractivity contribution in [1.29, 1.82) is 0 Å². The van der Waals surface area contributed by atoms with Crippen molar-refractivity contribution in [3.8, 4) is 0 Å². The van der Waals surface area contributed by atoms with E-state index in [2.05, 4.69) is 49.5 Å². The monoisotopic (exact) mass is 293 g/mol. The van der Waals surface area contributed by atoms with Crippen LogP contribution >= 0.6 is 22.9 Å². The van der Waals surface area contributed by atoms with Crippen molar-refractivity contribution in [2.75, 3.05) is 7.05 Å². The second-order valence-corrected chi connectivity index (χ2v) is 6.95. The van der Waals surface area contributed by atoms with Gasteiger partial charge < -0.3 is 5.32 Å². The van der Waals surface area contributed by atoms with Gasteiger partial charge in [0.1, 0.15) is 0 Å². The van der Waals surface area contributed by atoms with E-state index in [0.717, 1.165) is 10.8 Å². The summed E-state index contributed by atoms with van der Waals surface area (Å²) in [6.45, 7) is 4.50. The lowest BCUT2D eigenvalue weighted by Gasteiger charge is -2.16. The van der Waals surface area contributed by atoms with Crippen LogP contribution < -0.4 is 5.32 Å². The maximum atomic E-state index is 6.04. The average molecular weight is 294 g/mol. The van der Waals surface area contributed by atoms with Crippen LogP contribution in [0, 0.1) is 5.92 Å². The number of benzene rings is 1. The van der Waals surface area contributed by atoms with E-state index in [-0.39, 0.29) is 6.04 Å². The van der Waals surface area contributed by atoms with Crippen LogP contribution in [0.25, 0.3) is 0 Å². The summed E-state index contributed by atoms with van der Waals surface area (Å²) in [5.74, 6) is 0.680. The highest BCUT2D eigenvalue weighted by atomic mass is 35.5. The molecule has 0 aliphatic heterocycles. The Balaban J connectivity index is 2.28. The lowest BCUT2D eigenvalue weighted by atomic mass is 9.98. The normalized spacial score (nSPS) is 12.9. The third kappa shape index (κ3) is 3.82. The Morgan fingerprint density at radius 3 is 2.58 bits per heavy atom. The van der Waals surface area contributed by atoms with Crippen LogP contribution in [-0.2, 0) is 6.42 Å². The molecule has 3 heteroatoms. The first-order valence-corrected chi connectivity index (χ1v) is 7.81. The maximum Gasteiger partial charge on any atom is 0.0931 e. The smallest absolute Gasteiger partial charge is 0.0931 e. The van der Waals surface area contributed by atoms with Crippen LogP contribution in [0.4, 0.5) is 0 Å². The largest absolute Gasteiger partial charge is 0.309 e. The van der Waals surface area contributed by atoms with E-state index in [1.54, 1.807) is 11.3 Å². The molecule has 0 radical (unpaired) electrons. The molecule has 1 heterocycles. The Labute approximate surface area is 124 Å². The van der Waals surface area contributed by atoms with Gasteiger partial charge in [-0.25, -0.2) is 0 Å². The highest BCUT2D eigenvalue weighted by Gasteiger charge is 2.14. The summed E-state index contributed by atoms with van der Waals surface area (Å²) in [7, 11) is 1.99. The number of hydrogen-bond donors (Lipinski definition) is 1. The minimum atomic E-state index is 0.226. The number of thiophene rings is 1. The summed E-state index contributed by atoms with van der Waals surface area (Å²) in [5.41, 5.74) is 2.70. The predicted octanol–water partition coefficient (Wildman–Crippen LogP) is 4.91. The molecule has 2 rings (SSSR count). The Bertz CT molecular complexity index is 533. The fourth-order valence-corrected chi connectivity index (χ4v) is 3.53. The number of rotatable bonds is 5. The summed E-state index contributed by atoms with van der Waals surface area (Å²) in [5, 5.41) is 3.38. The third-order valence-corrected chi connectivity index (χ3v) is 4.39. The minimum absolute atomic E-state index is 0.226. The molecule has 1 atom stereocenters. The van der Waals surface area contributed by atoms with Gasteiger partial charge in [-0.2, -0.15) is 0 Å². The highest BCUT2D eigenvalue weighted by molar-refractivity contribution is 7.16. The van der Waals surface area contributed by atoms with Crippen LogP contribution in [0.5, 0.6) is 0 Å². The molecule has 1 unspecified atom stereocenters. The van der Waals surface area contributed by atoms with Gasteiger partial charge in [0.2, 0.25) is 0 Å². The molecule has 102 valence electrons. The molecule has 0 bridgehead atoms. The van der Waals surface area contributed by atoms with Crippen molar-refractivity contribution < 1.29 is 0 Å². The average Bonchev–Trinajstić information content (AvgIpc) is 2.76. The molecule has 0 amide bonds. The molecule has 1 N–H and O–H groups in total. The number of halogens is 1. The highest BCUT2D eigenvalue weighted by Crippen LogP contribution is 2.31. The van der Waals surface area contributed by atoms with Gasteiger partial charge in [-0.3, -0.25) is 0 Å². The topological polar surface area (TPSA) is 12.0 Å². The van der Waals surface area contributed by atoms with Crippen LogP contribution in [0.15, 0.2) is 36.4 Å². The molecular formula is C16H20ClNS. The zero-order chi connectivity index (χ0) is 13.8. The van der Waals surface area contributed by atoms with Crippen LogP contribution in [0.2, 0.25) is 4.34 Å². The Morgan fingerprint density at radius 1 is 1.21 bits per heavy atom. The van der Waals surface area contributed by atoms with Crippen molar-refractivity contribution in [1.82, 2.24) is 5.32 Å². The number of nitrogens with one attached hydrogen (secondary N) is 1. The first-order valence-electron chi connectivity index (χ1n) is 6.61. The van der Waals surface area contributed by atoms with E-state index in [1.807, 2.05) is 13.1 Å². The minimum Gasteiger partial charge on any atom is -0.309 e. The second kappa shape index (κ2) is 6.56. The quantitative estimate of drug-likeness (QED) is 0.826. The molecule has 1 nitrogen and oxygen atoms in total. The van der Waals surface area contributed by atoms with Gasteiger partial charge in [0.05, 0.1) is 10.4 Å². The van der Waals surface area contributed by atoms with E-state index in [0.29, 0.717) is 5.92 Å². The van der Waals surface area contributed by atoms with Gasteiger partial charge in [0.15, 0.2) is 0 Å². The molecular weight excluding hydrogens is 274 g/mol. The lowest BCUT2D eigenvalue weighted by molar-refractivity contribution is 0.644. The number of hydrogen-bond acceptors (Lipinski definition) is 2. The fourth-order valence-electron chi connectivity index (χ4n) is 2.33. The summed E-state index contributed by atoms with van der Waals surface area (Å²) < 4.78 is 0.841. The molecule has 1 aromatic carbocycles. The molecule has 0 aliphatic rings. The Hall–Kier alpha value is -0.830. The molecule has 0 aliphatic carbocycles. The summed E-state index contributed by atoms with van der Waals surface area (Å²) >= 11 is 7.68. The first-order chi connectivity index (χ1) is 9.10. The van der Waals surface area contributed by atoms with Gasteiger partial charge in [-0.15, -0.1) is 11.3 Å². The molecule has 0 spiro atoms. The van der Waals surface area contributed by atoms with Crippen molar-refractivity contribution in [2.24, 2.45) is 5.92 Å². The van der Waals surface area contributed by atoms with E-state index in [4.69, 9.17) is 11.6 Å². The SMILES string of the molecule is CNC(c1cccc(CC(C)C)c1)c1ccc(Cl)s1. The summed E-state index contributed by atoms with van der Waals surface area (Å²) in [6, 6.07) is 13.1. The predicted molar refractivity (Wildman–Crippen MR) is 85.2 cm³/mol. The van der Waals surface area contributed by atoms with Gasteiger partial charge in [-0.05, 0) is 42.6 Å². The Kier molecular flexibility index (Phi) is 5.03. The molecule has 0 saturated heterocycles.